The second kappa shape index (κ2) is 11.6. The minimum Gasteiger partial charge on any atom is -0.364 e. The fourth-order valence-corrected chi connectivity index (χ4v) is 3.30. The maximum atomic E-state index is 12.8. The van der Waals surface area contributed by atoms with Gasteiger partial charge in [0.25, 0.3) is 0 Å². The molecule has 1 aliphatic rings. The van der Waals surface area contributed by atoms with Crippen molar-refractivity contribution in [3.05, 3.63) is 71.8 Å². The molecule has 0 aromatic heterocycles. The highest BCUT2D eigenvalue weighted by atomic mass is 35.5. The highest BCUT2D eigenvalue weighted by Crippen LogP contribution is 2.19. The summed E-state index contributed by atoms with van der Waals surface area (Å²) in [4.78, 5) is 25.4. The summed E-state index contributed by atoms with van der Waals surface area (Å²) in [5.74, 6) is -0.471. The van der Waals surface area contributed by atoms with E-state index in [9.17, 15) is 9.59 Å². The van der Waals surface area contributed by atoms with Crippen molar-refractivity contribution in [1.29, 1.82) is 0 Å². The molecule has 3 atom stereocenters. The molecule has 4 N–H and O–H groups in total. The van der Waals surface area contributed by atoms with Crippen LogP contribution in [0.25, 0.3) is 0 Å². The quantitative estimate of drug-likeness (QED) is 0.612. The van der Waals surface area contributed by atoms with Gasteiger partial charge in [-0.25, -0.2) is 0 Å². The molecule has 2 amide bonds. The Morgan fingerprint density at radius 3 is 2.21 bits per heavy atom. The Balaban J connectivity index is 0.00000300. The van der Waals surface area contributed by atoms with Crippen LogP contribution in [0.4, 0.5) is 0 Å². The van der Waals surface area contributed by atoms with Gasteiger partial charge in [0, 0.05) is 19.5 Å². The molecule has 29 heavy (non-hydrogen) atoms. The molecule has 0 saturated carbocycles. The van der Waals surface area contributed by atoms with Gasteiger partial charge in [-0.15, -0.1) is 12.4 Å². The van der Waals surface area contributed by atoms with Gasteiger partial charge in [-0.3, -0.25) is 9.59 Å². The number of carbonyl (C=O) groups excluding carboxylic acids is 2. The molecule has 1 unspecified atom stereocenters. The van der Waals surface area contributed by atoms with Crippen molar-refractivity contribution in [2.45, 2.75) is 44.1 Å². The number of carbonyl (C=O) groups is 2. The average molecular weight is 418 g/mol. The van der Waals surface area contributed by atoms with Crippen LogP contribution >= 0.6 is 12.4 Å². The third-order valence-electron chi connectivity index (χ3n) is 4.89. The maximum absolute atomic E-state index is 12.8. The summed E-state index contributed by atoms with van der Waals surface area (Å²) in [6.45, 7) is 0.810. The van der Waals surface area contributed by atoms with Gasteiger partial charge in [-0.2, -0.15) is 0 Å². The molecule has 1 fully saturated rings. The minimum absolute atomic E-state index is 0. The standard InChI is InChI=1S/C22H27N3O3.ClH/c23-14-18-11-12-20(28-18)22(27)25-19(13-16-7-3-1-4-8-16)21(26)24-15-17-9-5-2-6-10-17;/h1-10,18-20H,11-15,23H2,(H,24,26)(H,25,27);1H/t18-,19?,20+;/m1./s1. The number of ether oxygens (including phenoxy) is 1. The first-order valence-electron chi connectivity index (χ1n) is 9.67. The molecule has 1 aliphatic heterocycles. The van der Waals surface area contributed by atoms with E-state index in [1.165, 1.54) is 0 Å². The number of amides is 2. The lowest BCUT2D eigenvalue weighted by Crippen LogP contribution is -2.50. The normalized spacial score (nSPS) is 19.1. The molecule has 0 radical (unpaired) electrons. The third kappa shape index (κ3) is 6.85. The number of halogens is 1. The Labute approximate surface area is 177 Å². The van der Waals surface area contributed by atoms with Gasteiger partial charge in [0.1, 0.15) is 12.1 Å². The van der Waals surface area contributed by atoms with Gasteiger partial charge in [0.15, 0.2) is 0 Å². The van der Waals surface area contributed by atoms with Crippen LogP contribution in [-0.4, -0.2) is 36.6 Å². The average Bonchev–Trinajstić information content (AvgIpc) is 3.22. The van der Waals surface area contributed by atoms with E-state index in [4.69, 9.17) is 10.5 Å². The molecule has 3 rings (SSSR count). The van der Waals surface area contributed by atoms with Crippen molar-refractivity contribution in [1.82, 2.24) is 10.6 Å². The van der Waals surface area contributed by atoms with Crippen LogP contribution in [-0.2, 0) is 27.3 Å². The first-order valence-corrected chi connectivity index (χ1v) is 9.67. The molecule has 1 heterocycles. The Bertz CT molecular complexity index is 773. The fraction of sp³-hybridized carbons (Fsp3) is 0.364. The van der Waals surface area contributed by atoms with Crippen LogP contribution in [0.2, 0.25) is 0 Å². The van der Waals surface area contributed by atoms with E-state index < -0.39 is 12.1 Å². The Morgan fingerprint density at radius 2 is 1.62 bits per heavy atom. The molecule has 2 aromatic carbocycles. The predicted octanol–water partition coefficient (Wildman–Crippen LogP) is 1.96. The van der Waals surface area contributed by atoms with E-state index in [0.29, 0.717) is 25.9 Å². The number of nitrogens with two attached hydrogens (primary N) is 1. The Kier molecular flexibility index (Phi) is 9.12. The minimum atomic E-state index is -0.667. The van der Waals surface area contributed by atoms with Gasteiger partial charge in [-0.1, -0.05) is 60.7 Å². The smallest absolute Gasteiger partial charge is 0.249 e. The molecule has 0 spiro atoms. The molecule has 0 aliphatic carbocycles. The molecule has 0 bridgehead atoms. The van der Waals surface area contributed by atoms with Gasteiger partial charge < -0.3 is 21.1 Å². The Hall–Kier alpha value is -2.41. The van der Waals surface area contributed by atoms with Crippen LogP contribution in [0.3, 0.4) is 0 Å². The summed E-state index contributed by atoms with van der Waals surface area (Å²) in [6.07, 6.45) is 1.17. The highest BCUT2D eigenvalue weighted by molar-refractivity contribution is 5.89. The lowest BCUT2D eigenvalue weighted by Gasteiger charge is -2.21. The van der Waals surface area contributed by atoms with Crippen molar-refractivity contribution >= 4 is 24.2 Å². The van der Waals surface area contributed by atoms with Gasteiger partial charge in [0.2, 0.25) is 11.8 Å². The zero-order valence-electron chi connectivity index (χ0n) is 16.3. The van der Waals surface area contributed by atoms with E-state index in [1.807, 2.05) is 60.7 Å². The summed E-state index contributed by atoms with van der Waals surface area (Å²) >= 11 is 0. The summed E-state index contributed by atoms with van der Waals surface area (Å²) < 4.78 is 5.66. The first kappa shape index (κ1) is 22.9. The second-order valence-electron chi connectivity index (χ2n) is 7.01. The number of rotatable bonds is 8. The fourth-order valence-electron chi connectivity index (χ4n) is 3.30. The molecule has 7 heteroatoms. The SMILES string of the molecule is Cl.NC[C@H]1CC[C@@H](C(=O)NC(Cc2ccccc2)C(=O)NCc2ccccc2)O1. The number of hydrogen-bond donors (Lipinski definition) is 3. The third-order valence-corrected chi connectivity index (χ3v) is 4.89. The van der Waals surface area contributed by atoms with E-state index >= 15 is 0 Å². The van der Waals surface area contributed by atoms with Crippen LogP contribution in [0.15, 0.2) is 60.7 Å². The van der Waals surface area contributed by atoms with Crippen LogP contribution in [0, 0.1) is 0 Å². The molecule has 156 valence electrons. The van der Waals surface area contributed by atoms with Crippen LogP contribution < -0.4 is 16.4 Å². The highest BCUT2D eigenvalue weighted by Gasteiger charge is 2.32. The largest absolute Gasteiger partial charge is 0.364 e. The number of nitrogens with one attached hydrogen (secondary N) is 2. The van der Waals surface area contributed by atoms with E-state index in [0.717, 1.165) is 17.5 Å². The number of benzene rings is 2. The summed E-state index contributed by atoms with van der Waals surface area (Å²) in [5, 5.41) is 5.79. The lowest BCUT2D eigenvalue weighted by atomic mass is 10.0. The van der Waals surface area contributed by atoms with Crippen molar-refractivity contribution in [2.24, 2.45) is 5.73 Å². The van der Waals surface area contributed by atoms with Crippen LogP contribution in [0.1, 0.15) is 24.0 Å². The topological polar surface area (TPSA) is 93.5 Å². The lowest BCUT2D eigenvalue weighted by molar-refractivity contribution is -0.136. The predicted molar refractivity (Wildman–Crippen MR) is 115 cm³/mol. The van der Waals surface area contributed by atoms with Gasteiger partial charge in [0.05, 0.1) is 6.10 Å². The van der Waals surface area contributed by atoms with Crippen LogP contribution in [0.5, 0.6) is 0 Å². The molecular formula is C22H28ClN3O3. The van der Waals surface area contributed by atoms with E-state index in [-0.39, 0.29) is 30.3 Å². The molecule has 1 saturated heterocycles. The summed E-state index contributed by atoms with van der Waals surface area (Å²) in [6, 6.07) is 18.7. The van der Waals surface area contributed by atoms with Crippen molar-refractivity contribution in [3.63, 3.8) is 0 Å². The van der Waals surface area contributed by atoms with E-state index in [1.54, 1.807) is 0 Å². The summed E-state index contributed by atoms with van der Waals surface area (Å²) in [5.41, 5.74) is 7.61. The summed E-state index contributed by atoms with van der Waals surface area (Å²) in [7, 11) is 0. The maximum Gasteiger partial charge on any atom is 0.249 e. The van der Waals surface area contributed by atoms with Crippen molar-refractivity contribution in [3.8, 4) is 0 Å². The zero-order valence-corrected chi connectivity index (χ0v) is 17.1. The first-order chi connectivity index (χ1) is 13.7. The monoisotopic (exact) mass is 417 g/mol. The second-order valence-corrected chi connectivity index (χ2v) is 7.01. The molecule has 2 aromatic rings. The molecule has 6 nitrogen and oxygen atoms in total. The van der Waals surface area contributed by atoms with E-state index in [2.05, 4.69) is 10.6 Å². The van der Waals surface area contributed by atoms with Gasteiger partial charge >= 0.3 is 0 Å². The van der Waals surface area contributed by atoms with Crippen molar-refractivity contribution < 1.29 is 14.3 Å². The van der Waals surface area contributed by atoms with Crippen molar-refractivity contribution in [2.75, 3.05) is 6.54 Å². The number of hydrogen-bond acceptors (Lipinski definition) is 4. The zero-order chi connectivity index (χ0) is 19.8. The Morgan fingerprint density at radius 1 is 1.00 bits per heavy atom. The van der Waals surface area contributed by atoms with Gasteiger partial charge in [-0.05, 0) is 24.0 Å². The molecular weight excluding hydrogens is 390 g/mol.